The van der Waals surface area contributed by atoms with Crippen molar-refractivity contribution in [2.45, 2.75) is 4.34 Å². The van der Waals surface area contributed by atoms with Crippen molar-refractivity contribution in [2.75, 3.05) is 16.4 Å². The lowest BCUT2D eigenvalue weighted by molar-refractivity contribution is 0.262. The number of nitrogens with one attached hydrogen (secondary N) is 2. The molecule has 0 atom stereocenters. The molecule has 0 unspecified atom stereocenters. The maximum atomic E-state index is 11.8. The van der Waals surface area contributed by atoms with E-state index in [1.165, 1.54) is 23.1 Å². The first-order valence-electron chi connectivity index (χ1n) is 5.62. The second-order valence-electron chi connectivity index (χ2n) is 3.59. The molecule has 0 aliphatic heterocycles. The molecule has 104 valence electrons. The quantitative estimate of drug-likeness (QED) is 0.662. The van der Waals surface area contributed by atoms with Crippen molar-refractivity contribution in [3.05, 3.63) is 29.8 Å². The van der Waals surface area contributed by atoms with Crippen LogP contribution in [0.25, 0.3) is 0 Å². The van der Waals surface area contributed by atoms with Gasteiger partial charge in [0.2, 0.25) is 5.13 Å². The maximum Gasteiger partial charge on any atom is 0.325 e. The van der Waals surface area contributed by atoms with Gasteiger partial charge in [0.1, 0.15) is 0 Å². The van der Waals surface area contributed by atoms with E-state index in [1.807, 2.05) is 12.1 Å². The topological polar surface area (TPSA) is 114 Å². The van der Waals surface area contributed by atoms with Gasteiger partial charge < -0.3 is 5.32 Å². The maximum absolute atomic E-state index is 11.8. The van der Waals surface area contributed by atoms with E-state index < -0.39 is 6.03 Å². The van der Waals surface area contributed by atoms with Gasteiger partial charge in [-0.25, -0.2) is 4.79 Å². The summed E-state index contributed by atoms with van der Waals surface area (Å²) in [6.07, 6.45) is 0. The molecular weight excluding hydrogens is 308 g/mol. The number of rotatable bonds is 4. The standard InChI is InChI=1S/C12H8N6OS2/c13-4-5-20-12-18-17-11(21-12)16-10(19)15-9-3-1-2-8(6-9)7-14/h1-3,6H,5H2,(H2,15,16,17,19). The highest BCUT2D eigenvalue weighted by Crippen LogP contribution is 2.25. The first kappa shape index (κ1) is 14.8. The monoisotopic (exact) mass is 316 g/mol. The number of anilines is 2. The lowest BCUT2D eigenvalue weighted by Crippen LogP contribution is -2.19. The van der Waals surface area contributed by atoms with Crippen LogP contribution in [0, 0.1) is 22.7 Å². The van der Waals surface area contributed by atoms with E-state index >= 15 is 0 Å². The Balaban J connectivity index is 1.94. The van der Waals surface area contributed by atoms with E-state index in [2.05, 4.69) is 20.8 Å². The number of nitrogens with zero attached hydrogens (tertiary/aromatic N) is 4. The molecule has 0 fully saturated rings. The lowest BCUT2D eigenvalue weighted by atomic mass is 10.2. The van der Waals surface area contributed by atoms with Crippen molar-refractivity contribution >= 4 is 39.9 Å². The Kier molecular flexibility index (Phi) is 5.10. The number of benzene rings is 1. The molecule has 9 heteroatoms. The van der Waals surface area contributed by atoms with Gasteiger partial charge in [-0.15, -0.1) is 10.2 Å². The fourth-order valence-corrected chi connectivity index (χ4v) is 2.75. The average Bonchev–Trinajstić information content (AvgIpc) is 2.92. The number of carbonyl (C=O) groups is 1. The van der Waals surface area contributed by atoms with Crippen molar-refractivity contribution in [3.63, 3.8) is 0 Å². The van der Waals surface area contributed by atoms with E-state index in [1.54, 1.807) is 24.3 Å². The molecule has 2 N–H and O–H groups in total. The summed E-state index contributed by atoms with van der Waals surface area (Å²) in [5.41, 5.74) is 0.967. The van der Waals surface area contributed by atoms with Gasteiger partial charge in [0.15, 0.2) is 4.34 Å². The normalized spacial score (nSPS) is 9.43. The molecule has 7 nitrogen and oxygen atoms in total. The van der Waals surface area contributed by atoms with Crippen LogP contribution < -0.4 is 10.6 Å². The van der Waals surface area contributed by atoms with Gasteiger partial charge in [-0.05, 0) is 18.2 Å². The van der Waals surface area contributed by atoms with Crippen molar-refractivity contribution in [2.24, 2.45) is 0 Å². The molecule has 1 aromatic heterocycles. The molecule has 0 saturated carbocycles. The number of urea groups is 1. The Morgan fingerprint density at radius 2 is 2.19 bits per heavy atom. The fraction of sp³-hybridized carbons (Fsp3) is 0.0833. The van der Waals surface area contributed by atoms with Gasteiger partial charge in [0.25, 0.3) is 0 Å². The Hall–Kier alpha value is -2.62. The molecule has 0 aliphatic rings. The molecule has 2 aromatic rings. The highest BCUT2D eigenvalue weighted by Gasteiger charge is 2.08. The Morgan fingerprint density at radius 1 is 1.33 bits per heavy atom. The Bertz CT molecular complexity index is 730. The molecular formula is C12H8N6OS2. The first-order valence-corrected chi connectivity index (χ1v) is 7.43. The summed E-state index contributed by atoms with van der Waals surface area (Å²) in [5.74, 6) is 0.280. The van der Waals surface area contributed by atoms with E-state index in [9.17, 15) is 4.79 Å². The Morgan fingerprint density at radius 3 is 2.95 bits per heavy atom. The van der Waals surface area contributed by atoms with Crippen LogP contribution in [0.5, 0.6) is 0 Å². The first-order chi connectivity index (χ1) is 10.2. The summed E-state index contributed by atoms with van der Waals surface area (Å²) in [6, 6.07) is 10.1. The zero-order chi connectivity index (χ0) is 15.1. The number of hydrogen-bond donors (Lipinski definition) is 2. The summed E-state index contributed by atoms with van der Waals surface area (Å²) in [5, 5.41) is 30.4. The number of carbonyl (C=O) groups excluding carboxylic acids is 1. The minimum Gasteiger partial charge on any atom is -0.308 e. The Labute approximate surface area is 128 Å². The van der Waals surface area contributed by atoms with Crippen LogP contribution in [0.4, 0.5) is 15.6 Å². The third kappa shape index (κ3) is 4.45. The molecule has 0 spiro atoms. The number of hydrogen-bond acceptors (Lipinski definition) is 7. The van der Waals surface area contributed by atoms with Gasteiger partial charge in [-0.3, -0.25) is 5.32 Å². The third-order valence-corrected chi connectivity index (χ3v) is 3.98. The highest BCUT2D eigenvalue weighted by molar-refractivity contribution is 8.01. The summed E-state index contributed by atoms with van der Waals surface area (Å²) in [7, 11) is 0. The predicted octanol–water partition coefficient (Wildman–Crippen LogP) is 2.67. The molecule has 1 aromatic carbocycles. The molecule has 2 amide bonds. The van der Waals surface area contributed by atoms with Crippen molar-refractivity contribution in [3.8, 4) is 12.1 Å². The van der Waals surface area contributed by atoms with Gasteiger partial charge in [0, 0.05) is 5.69 Å². The minimum atomic E-state index is -0.474. The average molecular weight is 316 g/mol. The molecule has 0 bridgehead atoms. The van der Waals surface area contributed by atoms with Crippen LogP contribution >= 0.6 is 23.1 Å². The van der Waals surface area contributed by atoms with Crippen LogP contribution in [-0.4, -0.2) is 22.0 Å². The molecule has 2 rings (SSSR count). The predicted molar refractivity (Wildman–Crippen MR) is 80.0 cm³/mol. The van der Waals surface area contributed by atoms with Crippen molar-refractivity contribution in [1.82, 2.24) is 10.2 Å². The van der Waals surface area contributed by atoms with Crippen LogP contribution in [0.3, 0.4) is 0 Å². The van der Waals surface area contributed by atoms with E-state index in [-0.39, 0.29) is 5.75 Å². The summed E-state index contributed by atoms with van der Waals surface area (Å²) >= 11 is 2.44. The second kappa shape index (κ2) is 7.24. The molecule has 21 heavy (non-hydrogen) atoms. The number of nitriles is 2. The van der Waals surface area contributed by atoms with Crippen LogP contribution in [0.15, 0.2) is 28.6 Å². The largest absolute Gasteiger partial charge is 0.325 e. The van der Waals surface area contributed by atoms with Crippen LogP contribution in [0.1, 0.15) is 5.56 Å². The van der Waals surface area contributed by atoms with Crippen LogP contribution in [0.2, 0.25) is 0 Å². The third-order valence-electron chi connectivity index (χ3n) is 2.14. The zero-order valence-corrected chi connectivity index (χ0v) is 12.2. The smallest absolute Gasteiger partial charge is 0.308 e. The summed E-state index contributed by atoms with van der Waals surface area (Å²) < 4.78 is 0.610. The van der Waals surface area contributed by atoms with E-state index in [0.29, 0.717) is 20.7 Å². The van der Waals surface area contributed by atoms with Gasteiger partial charge in [0.05, 0.1) is 23.5 Å². The van der Waals surface area contributed by atoms with Gasteiger partial charge in [-0.2, -0.15) is 10.5 Å². The van der Waals surface area contributed by atoms with Crippen LogP contribution in [-0.2, 0) is 0 Å². The molecule has 0 aliphatic carbocycles. The lowest BCUT2D eigenvalue weighted by Gasteiger charge is -2.04. The highest BCUT2D eigenvalue weighted by atomic mass is 32.2. The van der Waals surface area contributed by atoms with Gasteiger partial charge >= 0.3 is 6.03 Å². The number of amides is 2. The molecule has 0 radical (unpaired) electrons. The van der Waals surface area contributed by atoms with Crippen molar-refractivity contribution in [1.29, 1.82) is 10.5 Å². The SMILES string of the molecule is N#CCSc1nnc(NC(=O)Nc2cccc(C#N)c2)s1. The molecule has 1 heterocycles. The second-order valence-corrected chi connectivity index (χ2v) is 5.79. The minimum absolute atomic E-state index is 0.280. The fourth-order valence-electron chi connectivity index (χ4n) is 1.34. The number of thioether (sulfide) groups is 1. The van der Waals surface area contributed by atoms with Gasteiger partial charge in [-0.1, -0.05) is 29.2 Å². The summed E-state index contributed by atoms with van der Waals surface area (Å²) in [4.78, 5) is 11.8. The number of aromatic nitrogens is 2. The molecule has 0 saturated heterocycles. The van der Waals surface area contributed by atoms with E-state index in [0.717, 1.165) is 0 Å². The van der Waals surface area contributed by atoms with E-state index in [4.69, 9.17) is 10.5 Å². The van der Waals surface area contributed by atoms with Crippen molar-refractivity contribution < 1.29 is 4.79 Å². The zero-order valence-electron chi connectivity index (χ0n) is 10.5. The summed E-state index contributed by atoms with van der Waals surface area (Å²) in [6.45, 7) is 0.